The fourth-order valence-corrected chi connectivity index (χ4v) is 4.16. The minimum absolute atomic E-state index is 0.104. The summed E-state index contributed by atoms with van der Waals surface area (Å²) in [4.78, 5) is 29.8. The van der Waals surface area contributed by atoms with Crippen molar-refractivity contribution in [2.75, 3.05) is 18.9 Å². The third kappa shape index (κ3) is 4.86. The Morgan fingerprint density at radius 1 is 1.32 bits per heavy atom. The van der Waals surface area contributed by atoms with Crippen molar-refractivity contribution in [3.63, 3.8) is 0 Å². The number of rotatable bonds is 7. The third-order valence-corrected chi connectivity index (χ3v) is 5.83. The van der Waals surface area contributed by atoms with Gasteiger partial charge in [0, 0.05) is 11.6 Å². The predicted octanol–water partition coefficient (Wildman–Crippen LogP) is 3.28. The van der Waals surface area contributed by atoms with Crippen LogP contribution in [0.2, 0.25) is 5.02 Å². The maximum Gasteiger partial charge on any atom is 0.262 e. The summed E-state index contributed by atoms with van der Waals surface area (Å²) in [7, 11) is 0. The number of fused-ring (bicyclic) bond motifs is 2. The number of halogens is 1. The quantitative estimate of drug-likeness (QED) is 0.333. The highest BCUT2D eigenvalue weighted by Gasteiger charge is 2.21. The summed E-state index contributed by atoms with van der Waals surface area (Å²) >= 11 is 7.21. The van der Waals surface area contributed by atoms with Crippen molar-refractivity contribution in [2.24, 2.45) is 0 Å². The van der Waals surface area contributed by atoms with Crippen molar-refractivity contribution < 1.29 is 14.3 Å². The van der Waals surface area contributed by atoms with E-state index in [-0.39, 0.29) is 29.9 Å². The smallest absolute Gasteiger partial charge is 0.262 e. The Labute approximate surface area is 188 Å². The number of carbonyl (C=O) groups is 1. The van der Waals surface area contributed by atoms with Crippen molar-refractivity contribution in [1.82, 2.24) is 14.9 Å². The van der Waals surface area contributed by atoms with E-state index in [1.54, 1.807) is 24.3 Å². The first-order valence-corrected chi connectivity index (χ1v) is 11.0. The third-order valence-electron chi connectivity index (χ3n) is 4.62. The number of ether oxygens (including phenoxy) is 2. The van der Waals surface area contributed by atoms with E-state index in [0.717, 1.165) is 0 Å². The van der Waals surface area contributed by atoms with Gasteiger partial charge in [-0.2, -0.15) is 0 Å². The lowest BCUT2D eigenvalue weighted by Crippen LogP contribution is -2.41. The van der Waals surface area contributed by atoms with E-state index in [1.807, 2.05) is 24.3 Å². The SMILES string of the molecule is C=CCn1c(SCC(=O)NC[C@H]2COc3ccccc3O2)nc2ccc(Cl)cc2c1=O. The number of nitrogens with one attached hydrogen (secondary N) is 1. The zero-order valence-electron chi connectivity index (χ0n) is 16.5. The highest BCUT2D eigenvalue weighted by atomic mass is 35.5. The molecule has 2 aromatic carbocycles. The number of allylic oxidation sites excluding steroid dienone is 1. The molecule has 1 aliphatic heterocycles. The highest BCUT2D eigenvalue weighted by Crippen LogP contribution is 2.30. The molecule has 0 saturated heterocycles. The molecular weight excluding hydrogens is 438 g/mol. The van der Waals surface area contributed by atoms with Gasteiger partial charge in [-0.25, -0.2) is 4.98 Å². The number of benzene rings is 2. The van der Waals surface area contributed by atoms with E-state index in [0.29, 0.717) is 45.7 Å². The Bertz CT molecular complexity index is 1200. The van der Waals surface area contributed by atoms with E-state index in [2.05, 4.69) is 16.9 Å². The molecule has 31 heavy (non-hydrogen) atoms. The van der Waals surface area contributed by atoms with E-state index < -0.39 is 0 Å². The Morgan fingerprint density at radius 3 is 2.94 bits per heavy atom. The summed E-state index contributed by atoms with van der Waals surface area (Å²) < 4.78 is 13.0. The average Bonchev–Trinajstić information content (AvgIpc) is 2.78. The molecule has 0 radical (unpaired) electrons. The average molecular weight is 458 g/mol. The highest BCUT2D eigenvalue weighted by molar-refractivity contribution is 7.99. The summed E-state index contributed by atoms with van der Waals surface area (Å²) in [5.74, 6) is 1.27. The summed E-state index contributed by atoms with van der Waals surface area (Å²) in [5.41, 5.74) is 0.311. The minimum atomic E-state index is -0.272. The fourth-order valence-electron chi connectivity index (χ4n) is 3.15. The van der Waals surface area contributed by atoms with Crippen LogP contribution in [-0.4, -0.2) is 40.5 Å². The van der Waals surface area contributed by atoms with Gasteiger partial charge in [-0.3, -0.25) is 14.2 Å². The van der Waals surface area contributed by atoms with Gasteiger partial charge in [0.05, 0.1) is 23.2 Å². The van der Waals surface area contributed by atoms with Crippen molar-refractivity contribution >= 4 is 40.2 Å². The molecule has 2 heterocycles. The van der Waals surface area contributed by atoms with Gasteiger partial charge in [-0.1, -0.05) is 41.6 Å². The Balaban J connectivity index is 1.40. The maximum absolute atomic E-state index is 12.8. The van der Waals surface area contributed by atoms with Gasteiger partial charge in [-0.05, 0) is 30.3 Å². The summed E-state index contributed by atoms with van der Waals surface area (Å²) in [5, 5.41) is 4.19. The molecule has 1 aromatic heterocycles. The van der Waals surface area contributed by atoms with Crippen LogP contribution < -0.4 is 20.3 Å². The summed E-state index contributed by atoms with van der Waals surface area (Å²) in [6.45, 7) is 4.66. The number of hydrogen-bond donors (Lipinski definition) is 1. The normalized spacial score (nSPS) is 14.9. The number of nitrogens with zero attached hydrogens (tertiary/aromatic N) is 2. The van der Waals surface area contributed by atoms with Gasteiger partial charge in [0.25, 0.3) is 5.56 Å². The Morgan fingerprint density at radius 2 is 2.13 bits per heavy atom. The molecule has 4 rings (SSSR count). The number of hydrogen-bond acceptors (Lipinski definition) is 6. The van der Waals surface area contributed by atoms with Gasteiger partial charge in [0.1, 0.15) is 12.7 Å². The second-order valence-corrected chi connectivity index (χ2v) is 8.23. The maximum atomic E-state index is 12.8. The molecular formula is C22H20ClN3O4S. The number of aromatic nitrogens is 2. The molecule has 0 bridgehead atoms. The van der Waals surface area contributed by atoms with Crippen LogP contribution in [-0.2, 0) is 11.3 Å². The summed E-state index contributed by atoms with van der Waals surface area (Å²) in [6.07, 6.45) is 1.34. The van der Waals surface area contributed by atoms with Crippen LogP contribution >= 0.6 is 23.4 Å². The fraction of sp³-hybridized carbons (Fsp3) is 0.227. The van der Waals surface area contributed by atoms with Crippen molar-refractivity contribution in [3.05, 3.63) is 70.5 Å². The van der Waals surface area contributed by atoms with Crippen LogP contribution in [0.25, 0.3) is 10.9 Å². The first-order chi connectivity index (χ1) is 15.0. The molecule has 0 saturated carbocycles. The molecule has 1 aliphatic rings. The van der Waals surface area contributed by atoms with E-state index in [4.69, 9.17) is 21.1 Å². The molecule has 0 fully saturated rings. The first-order valence-electron chi connectivity index (χ1n) is 9.64. The van der Waals surface area contributed by atoms with Gasteiger partial charge in [0.2, 0.25) is 5.91 Å². The van der Waals surface area contributed by atoms with Crippen LogP contribution in [0.15, 0.2) is 65.1 Å². The van der Waals surface area contributed by atoms with E-state index in [1.165, 1.54) is 16.3 Å². The number of amides is 1. The molecule has 3 aromatic rings. The van der Waals surface area contributed by atoms with E-state index >= 15 is 0 Å². The zero-order chi connectivity index (χ0) is 21.8. The Hall–Kier alpha value is -2.97. The van der Waals surface area contributed by atoms with Crippen LogP contribution in [0.3, 0.4) is 0 Å². The van der Waals surface area contributed by atoms with Crippen molar-refractivity contribution in [1.29, 1.82) is 0 Å². The molecule has 7 nitrogen and oxygen atoms in total. The Kier molecular flexibility index (Phi) is 6.48. The molecule has 1 N–H and O–H groups in total. The van der Waals surface area contributed by atoms with Crippen molar-refractivity contribution in [2.45, 2.75) is 17.8 Å². The number of para-hydroxylation sites is 2. The molecule has 1 amide bonds. The topological polar surface area (TPSA) is 82.5 Å². The second-order valence-electron chi connectivity index (χ2n) is 6.85. The molecule has 0 aliphatic carbocycles. The second kappa shape index (κ2) is 9.45. The lowest BCUT2D eigenvalue weighted by Gasteiger charge is -2.26. The molecule has 1 atom stereocenters. The minimum Gasteiger partial charge on any atom is -0.486 e. The van der Waals surface area contributed by atoms with Gasteiger partial charge < -0.3 is 14.8 Å². The summed E-state index contributed by atoms with van der Waals surface area (Å²) in [6, 6.07) is 12.4. The monoisotopic (exact) mass is 457 g/mol. The number of carbonyl (C=O) groups excluding carboxylic acids is 1. The van der Waals surface area contributed by atoms with Crippen LogP contribution in [0, 0.1) is 0 Å². The molecule has 9 heteroatoms. The van der Waals surface area contributed by atoms with Gasteiger partial charge in [-0.15, -0.1) is 6.58 Å². The predicted molar refractivity (Wildman–Crippen MR) is 121 cm³/mol. The standard InChI is InChI=1S/C22H20ClN3O4S/c1-2-9-26-21(28)16-10-14(23)7-8-17(16)25-22(26)31-13-20(27)24-11-15-12-29-18-5-3-4-6-19(18)30-15/h2-8,10,15H,1,9,11-13H2,(H,24,27)/t15-/m0/s1. The lowest BCUT2D eigenvalue weighted by atomic mass is 10.2. The first kappa shape index (κ1) is 21.3. The molecule has 0 unspecified atom stereocenters. The van der Waals surface area contributed by atoms with Crippen LogP contribution in [0.4, 0.5) is 0 Å². The van der Waals surface area contributed by atoms with Crippen LogP contribution in [0.5, 0.6) is 11.5 Å². The molecule has 160 valence electrons. The van der Waals surface area contributed by atoms with Crippen LogP contribution in [0.1, 0.15) is 0 Å². The zero-order valence-corrected chi connectivity index (χ0v) is 18.1. The number of thioether (sulfide) groups is 1. The van der Waals surface area contributed by atoms with E-state index in [9.17, 15) is 9.59 Å². The molecule has 0 spiro atoms. The lowest BCUT2D eigenvalue weighted by molar-refractivity contribution is -0.119. The van der Waals surface area contributed by atoms with Gasteiger partial charge >= 0.3 is 0 Å². The van der Waals surface area contributed by atoms with Gasteiger partial charge in [0.15, 0.2) is 16.7 Å². The van der Waals surface area contributed by atoms with Crippen molar-refractivity contribution in [3.8, 4) is 11.5 Å². The largest absolute Gasteiger partial charge is 0.486 e.